The zero-order valence-electron chi connectivity index (χ0n) is 13.2. The summed E-state index contributed by atoms with van der Waals surface area (Å²) in [6, 6.07) is 0.262. The zero-order chi connectivity index (χ0) is 14.4. The largest absolute Gasteiger partial charge is 0.338 e. The number of nitrogens with two attached hydrogens (primary N) is 1. The summed E-state index contributed by atoms with van der Waals surface area (Å²) >= 11 is 0. The van der Waals surface area contributed by atoms with Crippen molar-refractivity contribution < 1.29 is 4.79 Å². The molecule has 0 aromatic heterocycles. The van der Waals surface area contributed by atoms with E-state index < -0.39 is 0 Å². The van der Waals surface area contributed by atoms with Crippen LogP contribution in [0.2, 0.25) is 0 Å². The Hall–Kier alpha value is -0.570. The predicted molar refractivity (Wildman–Crippen MR) is 78.6 cm³/mol. The standard InChI is InChI=1S/C16H30N2O/c1-6-11-7-8-18(12(9-11)10-17)14(19)13-15(2,3)16(13,4)5/h11-13H,6-10,17H2,1-5H3. The maximum atomic E-state index is 12.8. The van der Waals surface area contributed by atoms with Gasteiger partial charge in [-0.05, 0) is 29.6 Å². The van der Waals surface area contributed by atoms with Gasteiger partial charge in [0.1, 0.15) is 0 Å². The summed E-state index contributed by atoms with van der Waals surface area (Å²) < 4.78 is 0. The molecule has 1 heterocycles. The van der Waals surface area contributed by atoms with Gasteiger partial charge < -0.3 is 10.6 Å². The summed E-state index contributed by atoms with van der Waals surface area (Å²) in [6.07, 6.45) is 3.44. The molecule has 0 aromatic carbocycles. The van der Waals surface area contributed by atoms with Crippen LogP contribution in [0.25, 0.3) is 0 Å². The van der Waals surface area contributed by atoms with Gasteiger partial charge in [-0.1, -0.05) is 41.0 Å². The van der Waals surface area contributed by atoms with Crippen LogP contribution in [0, 0.1) is 22.7 Å². The first-order valence-electron chi connectivity index (χ1n) is 7.77. The highest BCUT2D eigenvalue weighted by molar-refractivity contribution is 5.84. The number of likely N-dealkylation sites (tertiary alicyclic amines) is 1. The van der Waals surface area contributed by atoms with E-state index in [0.29, 0.717) is 12.5 Å². The van der Waals surface area contributed by atoms with E-state index >= 15 is 0 Å². The highest BCUT2D eigenvalue weighted by Crippen LogP contribution is 2.69. The molecule has 110 valence electrons. The van der Waals surface area contributed by atoms with E-state index in [-0.39, 0.29) is 22.8 Å². The lowest BCUT2D eigenvalue weighted by molar-refractivity contribution is -0.138. The molecule has 2 fully saturated rings. The Morgan fingerprint density at radius 2 is 1.84 bits per heavy atom. The van der Waals surface area contributed by atoms with Crippen LogP contribution in [0.5, 0.6) is 0 Å². The smallest absolute Gasteiger partial charge is 0.227 e. The molecule has 2 atom stereocenters. The van der Waals surface area contributed by atoms with Gasteiger partial charge in [-0.15, -0.1) is 0 Å². The Balaban J connectivity index is 2.08. The van der Waals surface area contributed by atoms with Crippen molar-refractivity contribution in [3.63, 3.8) is 0 Å². The van der Waals surface area contributed by atoms with Crippen LogP contribution in [0.3, 0.4) is 0 Å². The van der Waals surface area contributed by atoms with Gasteiger partial charge in [-0.3, -0.25) is 4.79 Å². The lowest BCUT2D eigenvalue weighted by atomic mass is 9.88. The van der Waals surface area contributed by atoms with Gasteiger partial charge >= 0.3 is 0 Å². The average molecular weight is 266 g/mol. The van der Waals surface area contributed by atoms with Crippen LogP contribution in [0.1, 0.15) is 53.9 Å². The number of hydrogen-bond acceptors (Lipinski definition) is 2. The number of piperidine rings is 1. The van der Waals surface area contributed by atoms with Crippen LogP contribution < -0.4 is 5.73 Å². The first-order valence-corrected chi connectivity index (χ1v) is 7.77. The van der Waals surface area contributed by atoms with E-state index in [1.165, 1.54) is 6.42 Å². The second-order valence-corrected chi connectivity index (χ2v) is 7.60. The predicted octanol–water partition coefficient (Wildman–Crippen LogP) is 2.64. The highest BCUT2D eigenvalue weighted by Gasteiger charge is 2.69. The quantitative estimate of drug-likeness (QED) is 0.853. The van der Waals surface area contributed by atoms with Crippen LogP contribution >= 0.6 is 0 Å². The van der Waals surface area contributed by atoms with E-state index in [9.17, 15) is 4.79 Å². The Bertz CT molecular complexity index is 348. The van der Waals surface area contributed by atoms with Crippen LogP contribution in [-0.4, -0.2) is 29.9 Å². The number of carbonyl (C=O) groups is 1. The molecule has 0 aromatic rings. The minimum absolute atomic E-state index is 0.130. The van der Waals surface area contributed by atoms with Gasteiger partial charge in [-0.25, -0.2) is 0 Å². The molecule has 3 nitrogen and oxygen atoms in total. The van der Waals surface area contributed by atoms with Crippen LogP contribution in [0.15, 0.2) is 0 Å². The first-order chi connectivity index (χ1) is 8.77. The summed E-state index contributed by atoms with van der Waals surface area (Å²) in [5.74, 6) is 1.27. The Morgan fingerprint density at radius 1 is 1.26 bits per heavy atom. The Morgan fingerprint density at radius 3 is 2.26 bits per heavy atom. The fraction of sp³-hybridized carbons (Fsp3) is 0.938. The van der Waals surface area contributed by atoms with Crippen molar-refractivity contribution in [2.75, 3.05) is 13.1 Å². The molecule has 3 heteroatoms. The van der Waals surface area contributed by atoms with Gasteiger partial charge in [0, 0.05) is 25.0 Å². The number of nitrogens with zero attached hydrogens (tertiary/aromatic N) is 1. The lowest BCUT2D eigenvalue weighted by Gasteiger charge is -2.39. The van der Waals surface area contributed by atoms with Gasteiger partial charge in [0.15, 0.2) is 0 Å². The topological polar surface area (TPSA) is 46.3 Å². The van der Waals surface area contributed by atoms with E-state index in [4.69, 9.17) is 5.73 Å². The molecule has 2 N–H and O–H groups in total. The number of carbonyl (C=O) groups excluding carboxylic acids is 1. The van der Waals surface area contributed by atoms with Gasteiger partial charge in [0.05, 0.1) is 0 Å². The molecule has 1 saturated heterocycles. The van der Waals surface area contributed by atoms with Gasteiger partial charge in [0.2, 0.25) is 5.91 Å². The molecule has 19 heavy (non-hydrogen) atoms. The third-order valence-corrected chi connectivity index (χ3v) is 6.22. The number of hydrogen-bond donors (Lipinski definition) is 1. The van der Waals surface area contributed by atoms with E-state index in [1.54, 1.807) is 0 Å². The van der Waals surface area contributed by atoms with Crippen molar-refractivity contribution in [2.24, 2.45) is 28.4 Å². The van der Waals surface area contributed by atoms with Crippen molar-refractivity contribution in [2.45, 2.75) is 59.9 Å². The van der Waals surface area contributed by atoms with Crippen molar-refractivity contribution in [1.82, 2.24) is 4.90 Å². The number of amides is 1. The summed E-state index contributed by atoms with van der Waals surface area (Å²) in [7, 11) is 0. The second-order valence-electron chi connectivity index (χ2n) is 7.60. The summed E-state index contributed by atoms with van der Waals surface area (Å²) in [5, 5.41) is 0. The third-order valence-electron chi connectivity index (χ3n) is 6.22. The molecular formula is C16H30N2O. The maximum Gasteiger partial charge on any atom is 0.227 e. The van der Waals surface area contributed by atoms with Crippen molar-refractivity contribution in [1.29, 1.82) is 0 Å². The fourth-order valence-electron chi connectivity index (χ4n) is 4.00. The molecule has 0 spiro atoms. The SMILES string of the molecule is CCC1CCN(C(=O)C2C(C)(C)C2(C)C)C(CN)C1. The monoisotopic (exact) mass is 266 g/mol. The molecule has 0 bridgehead atoms. The summed E-state index contributed by atoms with van der Waals surface area (Å²) in [4.78, 5) is 14.9. The molecule has 0 radical (unpaired) electrons. The minimum Gasteiger partial charge on any atom is -0.338 e. The van der Waals surface area contributed by atoms with E-state index in [1.807, 2.05) is 0 Å². The minimum atomic E-state index is 0.130. The second kappa shape index (κ2) is 4.76. The molecule has 1 saturated carbocycles. The first kappa shape index (κ1) is 14.8. The van der Waals surface area contributed by atoms with Crippen LogP contribution in [-0.2, 0) is 4.79 Å². The van der Waals surface area contributed by atoms with Crippen LogP contribution in [0.4, 0.5) is 0 Å². The summed E-state index contributed by atoms with van der Waals surface area (Å²) in [6.45, 7) is 12.6. The normalized spacial score (nSPS) is 33.3. The third kappa shape index (κ3) is 2.20. The average Bonchev–Trinajstić information content (AvgIpc) is 2.78. The lowest BCUT2D eigenvalue weighted by Crippen LogP contribution is -2.50. The Kier molecular flexibility index (Phi) is 3.72. The molecule has 1 amide bonds. The zero-order valence-corrected chi connectivity index (χ0v) is 13.2. The van der Waals surface area contributed by atoms with E-state index in [0.717, 1.165) is 25.3 Å². The van der Waals surface area contributed by atoms with Gasteiger partial charge in [0.25, 0.3) is 0 Å². The molecule has 1 aliphatic heterocycles. The molecular weight excluding hydrogens is 236 g/mol. The fourth-order valence-corrected chi connectivity index (χ4v) is 4.00. The maximum absolute atomic E-state index is 12.8. The van der Waals surface area contributed by atoms with Crippen molar-refractivity contribution in [3.05, 3.63) is 0 Å². The van der Waals surface area contributed by atoms with E-state index in [2.05, 4.69) is 39.5 Å². The van der Waals surface area contributed by atoms with Gasteiger partial charge in [-0.2, -0.15) is 0 Å². The molecule has 2 unspecified atom stereocenters. The Labute approximate surface area is 117 Å². The number of rotatable bonds is 3. The van der Waals surface area contributed by atoms with Crippen molar-refractivity contribution >= 4 is 5.91 Å². The van der Waals surface area contributed by atoms with Crippen molar-refractivity contribution in [3.8, 4) is 0 Å². The highest BCUT2D eigenvalue weighted by atomic mass is 16.2. The summed E-state index contributed by atoms with van der Waals surface area (Å²) in [5.41, 5.74) is 6.17. The molecule has 1 aliphatic carbocycles. The molecule has 2 rings (SSSR count). The molecule has 2 aliphatic rings.